The Morgan fingerprint density at radius 2 is 2.08 bits per heavy atom. The molecular weight excluding hydrogens is 190 g/mol. The molecule has 0 aromatic rings. The Hall–Kier alpha value is -0.280. The second kappa shape index (κ2) is 4.29. The maximum Gasteiger partial charge on any atom is 0.307 e. The Labute approximate surface area is 85.1 Å². The lowest BCUT2D eigenvalue weighted by molar-refractivity contribution is -0.147. The van der Waals surface area contributed by atoms with Crippen LogP contribution in [0.3, 0.4) is 0 Å². The zero-order valence-electron chi connectivity index (χ0n) is 8.12. The molecule has 3 N–H and O–H groups in total. The van der Waals surface area contributed by atoms with E-state index in [0.29, 0.717) is 6.42 Å². The van der Waals surface area contributed by atoms with Crippen molar-refractivity contribution in [2.24, 2.45) is 17.1 Å². The molecule has 0 unspecified atom stereocenters. The first-order valence-electron chi connectivity index (χ1n) is 4.42. The summed E-state index contributed by atoms with van der Waals surface area (Å²) in [5.74, 6) is -0.962. The van der Waals surface area contributed by atoms with Crippen molar-refractivity contribution in [2.45, 2.75) is 39.2 Å². The molecule has 4 heteroatoms. The summed E-state index contributed by atoms with van der Waals surface area (Å²) in [7, 11) is 0. The molecule has 2 atom stereocenters. The van der Waals surface area contributed by atoms with E-state index >= 15 is 0 Å². The van der Waals surface area contributed by atoms with Crippen LogP contribution in [-0.4, -0.2) is 17.1 Å². The third-order valence-corrected chi connectivity index (χ3v) is 2.94. The molecule has 0 bridgehead atoms. The van der Waals surface area contributed by atoms with E-state index in [-0.39, 0.29) is 29.8 Å². The SMILES string of the molecule is CC1(C)CC[C@H](N)C[C@@H]1C(=O)O.Cl. The summed E-state index contributed by atoms with van der Waals surface area (Å²) in [5, 5.41) is 8.94. The Kier molecular flexibility index (Phi) is 4.20. The first-order chi connectivity index (χ1) is 5.43. The van der Waals surface area contributed by atoms with Gasteiger partial charge in [0.25, 0.3) is 0 Å². The molecule has 3 nitrogen and oxygen atoms in total. The number of aliphatic carboxylic acids is 1. The monoisotopic (exact) mass is 207 g/mol. The summed E-state index contributed by atoms with van der Waals surface area (Å²) in [4.78, 5) is 10.9. The second-order valence-electron chi connectivity index (χ2n) is 4.41. The van der Waals surface area contributed by atoms with Gasteiger partial charge in [0.15, 0.2) is 0 Å². The normalized spacial score (nSPS) is 31.9. The summed E-state index contributed by atoms with van der Waals surface area (Å²) in [5.41, 5.74) is 5.64. The molecule has 78 valence electrons. The number of carboxylic acid groups (broad SMARTS) is 1. The second-order valence-corrected chi connectivity index (χ2v) is 4.41. The van der Waals surface area contributed by atoms with Crippen LogP contribution in [0.25, 0.3) is 0 Å². The Bertz CT molecular complexity index is 194. The summed E-state index contributed by atoms with van der Waals surface area (Å²) >= 11 is 0. The van der Waals surface area contributed by atoms with Gasteiger partial charge in [-0.25, -0.2) is 0 Å². The number of hydrogen-bond acceptors (Lipinski definition) is 2. The summed E-state index contributed by atoms with van der Waals surface area (Å²) in [6.07, 6.45) is 2.50. The number of hydrogen-bond donors (Lipinski definition) is 2. The van der Waals surface area contributed by atoms with Crippen molar-refractivity contribution in [1.82, 2.24) is 0 Å². The first kappa shape index (κ1) is 12.7. The molecule has 0 radical (unpaired) electrons. The van der Waals surface area contributed by atoms with Gasteiger partial charge in [0.2, 0.25) is 0 Å². The van der Waals surface area contributed by atoms with E-state index in [0.717, 1.165) is 12.8 Å². The summed E-state index contributed by atoms with van der Waals surface area (Å²) in [6, 6.07) is 0.0825. The van der Waals surface area contributed by atoms with E-state index in [1.54, 1.807) is 0 Å². The van der Waals surface area contributed by atoms with E-state index in [1.807, 2.05) is 13.8 Å². The number of rotatable bonds is 1. The molecule has 1 fully saturated rings. The molecule has 0 amide bonds. The van der Waals surface area contributed by atoms with Crippen LogP contribution >= 0.6 is 12.4 Å². The molecule has 0 aromatic heterocycles. The average Bonchev–Trinajstić information content (AvgIpc) is 1.94. The highest BCUT2D eigenvalue weighted by atomic mass is 35.5. The van der Waals surface area contributed by atoms with Gasteiger partial charge in [-0.3, -0.25) is 4.79 Å². The number of nitrogens with two attached hydrogens (primary N) is 1. The first-order valence-corrected chi connectivity index (χ1v) is 4.42. The molecule has 0 aromatic carbocycles. The molecule has 1 rings (SSSR count). The standard InChI is InChI=1S/C9H17NO2.ClH/c1-9(2)4-3-6(10)5-7(9)8(11)12;/h6-7H,3-5,10H2,1-2H3,(H,11,12);1H/t6-,7+;/m0./s1. The van der Waals surface area contributed by atoms with E-state index < -0.39 is 5.97 Å². The lowest BCUT2D eigenvalue weighted by Crippen LogP contribution is -2.41. The van der Waals surface area contributed by atoms with Crippen molar-refractivity contribution in [3.8, 4) is 0 Å². The molecule has 13 heavy (non-hydrogen) atoms. The lowest BCUT2D eigenvalue weighted by atomic mass is 9.67. The van der Waals surface area contributed by atoms with Crippen LogP contribution in [0.1, 0.15) is 33.1 Å². The molecule has 0 spiro atoms. The van der Waals surface area contributed by atoms with Crippen molar-refractivity contribution in [1.29, 1.82) is 0 Å². The van der Waals surface area contributed by atoms with Gasteiger partial charge in [0, 0.05) is 6.04 Å². The highest BCUT2D eigenvalue weighted by Crippen LogP contribution is 2.40. The van der Waals surface area contributed by atoms with Gasteiger partial charge in [-0.15, -0.1) is 12.4 Å². The minimum absolute atomic E-state index is 0. The van der Waals surface area contributed by atoms with Crippen LogP contribution in [0, 0.1) is 11.3 Å². The minimum Gasteiger partial charge on any atom is -0.481 e. The number of halogens is 1. The minimum atomic E-state index is -0.699. The maximum absolute atomic E-state index is 10.9. The van der Waals surface area contributed by atoms with Crippen LogP contribution in [0.15, 0.2) is 0 Å². The smallest absolute Gasteiger partial charge is 0.307 e. The summed E-state index contributed by atoms with van der Waals surface area (Å²) < 4.78 is 0. The molecule has 0 aliphatic heterocycles. The van der Waals surface area contributed by atoms with Crippen molar-refractivity contribution < 1.29 is 9.90 Å². The van der Waals surface area contributed by atoms with Gasteiger partial charge in [0.1, 0.15) is 0 Å². The molecule has 1 aliphatic rings. The fourth-order valence-electron chi connectivity index (χ4n) is 1.91. The molecular formula is C9H18ClNO2. The van der Waals surface area contributed by atoms with Crippen molar-refractivity contribution in [3.63, 3.8) is 0 Å². The van der Waals surface area contributed by atoms with Gasteiger partial charge in [-0.1, -0.05) is 13.8 Å². The van der Waals surface area contributed by atoms with Crippen LogP contribution in [0.5, 0.6) is 0 Å². The molecule has 1 aliphatic carbocycles. The highest BCUT2D eigenvalue weighted by molar-refractivity contribution is 5.85. The third-order valence-electron chi connectivity index (χ3n) is 2.94. The van der Waals surface area contributed by atoms with Crippen LogP contribution in [0.4, 0.5) is 0 Å². The maximum atomic E-state index is 10.9. The quantitative estimate of drug-likeness (QED) is 0.687. The van der Waals surface area contributed by atoms with Gasteiger partial charge >= 0.3 is 5.97 Å². The van der Waals surface area contributed by atoms with Crippen molar-refractivity contribution in [3.05, 3.63) is 0 Å². The Morgan fingerprint density at radius 3 is 2.46 bits per heavy atom. The van der Waals surface area contributed by atoms with Gasteiger partial charge in [0.05, 0.1) is 5.92 Å². The van der Waals surface area contributed by atoms with Gasteiger partial charge in [-0.05, 0) is 24.7 Å². The van der Waals surface area contributed by atoms with Crippen LogP contribution in [-0.2, 0) is 4.79 Å². The van der Waals surface area contributed by atoms with Crippen molar-refractivity contribution >= 4 is 18.4 Å². The molecule has 0 heterocycles. The average molecular weight is 208 g/mol. The predicted octanol–water partition coefficient (Wildman–Crippen LogP) is 1.65. The lowest BCUT2D eigenvalue weighted by Gasteiger charge is -2.38. The highest BCUT2D eigenvalue weighted by Gasteiger charge is 2.39. The van der Waals surface area contributed by atoms with Crippen LogP contribution < -0.4 is 5.73 Å². The van der Waals surface area contributed by atoms with E-state index in [1.165, 1.54) is 0 Å². The zero-order chi connectivity index (χ0) is 9.35. The fraction of sp³-hybridized carbons (Fsp3) is 0.889. The van der Waals surface area contributed by atoms with E-state index in [9.17, 15) is 4.79 Å². The number of carboxylic acids is 1. The summed E-state index contributed by atoms with van der Waals surface area (Å²) in [6.45, 7) is 4.02. The van der Waals surface area contributed by atoms with E-state index in [4.69, 9.17) is 10.8 Å². The van der Waals surface area contributed by atoms with Gasteiger partial charge in [-0.2, -0.15) is 0 Å². The van der Waals surface area contributed by atoms with Crippen molar-refractivity contribution in [2.75, 3.05) is 0 Å². The zero-order valence-corrected chi connectivity index (χ0v) is 8.93. The van der Waals surface area contributed by atoms with E-state index in [2.05, 4.69) is 0 Å². The molecule has 0 saturated heterocycles. The van der Waals surface area contributed by atoms with Crippen LogP contribution in [0.2, 0.25) is 0 Å². The third kappa shape index (κ3) is 2.85. The molecule has 1 saturated carbocycles. The predicted molar refractivity (Wildman–Crippen MR) is 54.0 cm³/mol. The Balaban J connectivity index is 0.00000144. The fourth-order valence-corrected chi connectivity index (χ4v) is 1.91. The van der Waals surface area contributed by atoms with Gasteiger partial charge < -0.3 is 10.8 Å². The number of carbonyl (C=O) groups is 1. The topological polar surface area (TPSA) is 63.3 Å². The Morgan fingerprint density at radius 1 is 1.54 bits per heavy atom. The largest absolute Gasteiger partial charge is 0.481 e.